The lowest BCUT2D eigenvalue weighted by molar-refractivity contribution is 0.465. The highest BCUT2D eigenvalue weighted by Gasteiger charge is 2.21. The number of hydrogen-bond acceptors (Lipinski definition) is 4. The zero-order chi connectivity index (χ0) is 21.1. The first-order chi connectivity index (χ1) is 14.1. The average molecular weight is 395 g/mol. The maximum absolute atomic E-state index is 6.22. The molecule has 4 heteroatoms. The standard InChI is InChI=1S/C25H38N4/c1-5-8-10-14-21(13-7-3)18-29-19-22-15-11-12-16-23(22)28-25(26)20(4)27-24(29)17-9-6-2/h7,13,15-16H,3-6,8-12,14,17-19H2,1-2H3,(H2,26,28)/b21-13+,27-24?. The Morgan fingerprint density at radius 1 is 1.14 bits per heavy atom. The van der Waals surface area contributed by atoms with Gasteiger partial charge in [-0.05, 0) is 37.7 Å². The van der Waals surface area contributed by atoms with Crippen LogP contribution >= 0.6 is 0 Å². The summed E-state index contributed by atoms with van der Waals surface area (Å²) in [6, 6.07) is 0. The minimum atomic E-state index is 0.421. The van der Waals surface area contributed by atoms with Crippen LogP contribution < -0.4 is 5.73 Å². The van der Waals surface area contributed by atoms with Crippen LogP contribution in [-0.4, -0.2) is 29.7 Å². The highest BCUT2D eigenvalue weighted by molar-refractivity contribution is 6.00. The summed E-state index contributed by atoms with van der Waals surface area (Å²) in [5.74, 6) is 1.48. The van der Waals surface area contributed by atoms with Crippen molar-refractivity contribution < 1.29 is 0 Å². The molecule has 1 heterocycles. The first kappa shape index (κ1) is 22.9. The van der Waals surface area contributed by atoms with Gasteiger partial charge >= 0.3 is 0 Å². The summed E-state index contributed by atoms with van der Waals surface area (Å²) in [6.07, 6.45) is 18.6. The largest absolute Gasteiger partial charge is 0.382 e. The van der Waals surface area contributed by atoms with Crippen molar-refractivity contribution in [2.75, 3.05) is 13.1 Å². The highest BCUT2D eigenvalue weighted by atomic mass is 15.2. The molecule has 0 aromatic carbocycles. The van der Waals surface area contributed by atoms with E-state index in [0.717, 1.165) is 63.1 Å². The zero-order valence-electron chi connectivity index (χ0n) is 18.4. The van der Waals surface area contributed by atoms with Crippen molar-refractivity contribution in [3.63, 3.8) is 0 Å². The summed E-state index contributed by atoms with van der Waals surface area (Å²) in [5, 5.41) is 0. The van der Waals surface area contributed by atoms with Crippen LogP contribution in [0, 0.1) is 0 Å². The van der Waals surface area contributed by atoms with Gasteiger partial charge in [-0.3, -0.25) is 0 Å². The lowest BCUT2D eigenvalue weighted by atomic mass is 10.0. The number of hydrogen-bond donors (Lipinski definition) is 1. The molecule has 0 unspecified atom stereocenters. The van der Waals surface area contributed by atoms with Crippen molar-refractivity contribution in [3.8, 4) is 0 Å². The van der Waals surface area contributed by atoms with Crippen LogP contribution in [0.4, 0.5) is 0 Å². The predicted molar refractivity (Wildman–Crippen MR) is 127 cm³/mol. The van der Waals surface area contributed by atoms with Crippen molar-refractivity contribution in [1.29, 1.82) is 0 Å². The van der Waals surface area contributed by atoms with E-state index in [1.165, 1.54) is 30.4 Å². The second kappa shape index (κ2) is 12.3. The predicted octanol–water partition coefficient (Wildman–Crippen LogP) is 6.06. The summed E-state index contributed by atoms with van der Waals surface area (Å²) >= 11 is 0. The molecular formula is C25H38N4. The summed E-state index contributed by atoms with van der Waals surface area (Å²) in [5.41, 5.74) is 10.4. The SMILES string of the molecule is C=C/C=C(\CCCCC)CN1CC2=CCCC=C2N=C(N)C(=C)N=C1CCCC. The van der Waals surface area contributed by atoms with E-state index < -0.39 is 0 Å². The molecule has 4 nitrogen and oxygen atoms in total. The number of aliphatic imine (C=N–C) groups is 2. The molecule has 0 fully saturated rings. The van der Waals surface area contributed by atoms with Crippen LogP contribution in [0.5, 0.6) is 0 Å². The Bertz CT molecular complexity index is 734. The number of nitrogens with two attached hydrogens (primary N) is 1. The van der Waals surface area contributed by atoms with Gasteiger partial charge in [-0.2, -0.15) is 0 Å². The number of allylic oxidation sites excluding steroid dienone is 4. The Balaban J connectivity index is 2.36. The van der Waals surface area contributed by atoms with Gasteiger partial charge in [0, 0.05) is 19.5 Å². The average Bonchev–Trinajstić information content (AvgIpc) is 2.75. The van der Waals surface area contributed by atoms with E-state index in [-0.39, 0.29) is 0 Å². The van der Waals surface area contributed by atoms with Crippen molar-refractivity contribution in [2.24, 2.45) is 15.7 Å². The van der Waals surface area contributed by atoms with E-state index in [0.29, 0.717) is 11.5 Å². The van der Waals surface area contributed by atoms with E-state index in [9.17, 15) is 0 Å². The molecule has 0 atom stereocenters. The van der Waals surface area contributed by atoms with Gasteiger partial charge in [0.2, 0.25) is 0 Å². The molecule has 2 rings (SSSR count). The molecule has 2 N–H and O–H groups in total. The van der Waals surface area contributed by atoms with Gasteiger partial charge in [-0.25, -0.2) is 9.98 Å². The fourth-order valence-electron chi connectivity index (χ4n) is 3.68. The molecule has 0 bridgehead atoms. The maximum Gasteiger partial charge on any atom is 0.149 e. The van der Waals surface area contributed by atoms with Crippen LogP contribution in [0.15, 0.2) is 70.0 Å². The topological polar surface area (TPSA) is 54.0 Å². The minimum absolute atomic E-state index is 0.421. The molecular weight excluding hydrogens is 356 g/mol. The van der Waals surface area contributed by atoms with Crippen molar-refractivity contribution >= 4 is 11.7 Å². The minimum Gasteiger partial charge on any atom is -0.382 e. The molecule has 0 radical (unpaired) electrons. The molecule has 1 aliphatic heterocycles. The number of fused-ring (bicyclic) bond motifs is 1. The van der Waals surface area contributed by atoms with Gasteiger partial charge < -0.3 is 10.6 Å². The molecule has 0 spiro atoms. The Kier molecular flexibility index (Phi) is 9.69. The van der Waals surface area contributed by atoms with Crippen LogP contribution in [0.3, 0.4) is 0 Å². The Hall–Kier alpha value is -2.36. The Morgan fingerprint density at radius 3 is 2.62 bits per heavy atom. The third-order valence-corrected chi connectivity index (χ3v) is 5.35. The number of rotatable bonds is 10. The molecule has 1 aliphatic carbocycles. The summed E-state index contributed by atoms with van der Waals surface area (Å²) in [4.78, 5) is 11.9. The molecule has 0 saturated heterocycles. The Morgan fingerprint density at radius 2 is 1.90 bits per heavy atom. The summed E-state index contributed by atoms with van der Waals surface area (Å²) < 4.78 is 0. The highest BCUT2D eigenvalue weighted by Crippen LogP contribution is 2.25. The van der Waals surface area contributed by atoms with Crippen molar-refractivity contribution in [2.45, 2.75) is 71.6 Å². The van der Waals surface area contributed by atoms with Crippen LogP contribution in [-0.2, 0) is 0 Å². The monoisotopic (exact) mass is 394 g/mol. The number of nitrogens with zero attached hydrogens (tertiary/aromatic N) is 3. The molecule has 158 valence electrons. The summed E-state index contributed by atoms with van der Waals surface area (Å²) in [7, 11) is 0. The summed E-state index contributed by atoms with van der Waals surface area (Å²) in [6.45, 7) is 14.1. The number of unbranched alkanes of at least 4 members (excludes halogenated alkanes) is 3. The molecule has 0 saturated carbocycles. The fourth-order valence-corrected chi connectivity index (χ4v) is 3.68. The van der Waals surface area contributed by atoms with Crippen molar-refractivity contribution in [3.05, 3.63) is 60.0 Å². The van der Waals surface area contributed by atoms with Crippen LogP contribution in [0.25, 0.3) is 0 Å². The maximum atomic E-state index is 6.22. The van der Waals surface area contributed by atoms with Crippen LogP contribution in [0.1, 0.15) is 71.6 Å². The second-order valence-electron chi connectivity index (χ2n) is 7.85. The Labute approximate surface area is 177 Å². The normalized spacial score (nSPS) is 17.9. The molecule has 0 aromatic rings. The van der Waals surface area contributed by atoms with E-state index in [4.69, 9.17) is 10.7 Å². The first-order valence-electron chi connectivity index (χ1n) is 11.1. The van der Waals surface area contributed by atoms with Crippen LogP contribution in [0.2, 0.25) is 0 Å². The van der Waals surface area contributed by atoms with Crippen molar-refractivity contribution in [1.82, 2.24) is 4.90 Å². The third kappa shape index (κ3) is 7.19. The molecule has 0 aromatic heterocycles. The fraction of sp³-hybridized carbons (Fsp3) is 0.520. The van der Waals surface area contributed by atoms with E-state index in [1.54, 1.807) is 0 Å². The van der Waals surface area contributed by atoms with Gasteiger partial charge in [0.1, 0.15) is 11.7 Å². The van der Waals surface area contributed by atoms with Gasteiger partial charge in [0.05, 0.1) is 11.4 Å². The first-order valence-corrected chi connectivity index (χ1v) is 11.1. The smallest absolute Gasteiger partial charge is 0.149 e. The lowest BCUT2D eigenvalue weighted by Gasteiger charge is -2.29. The van der Waals surface area contributed by atoms with Gasteiger partial charge in [0.25, 0.3) is 0 Å². The van der Waals surface area contributed by atoms with E-state index >= 15 is 0 Å². The van der Waals surface area contributed by atoms with Gasteiger partial charge in [0.15, 0.2) is 0 Å². The second-order valence-corrected chi connectivity index (χ2v) is 7.85. The quantitative estimate of drug-likeness (QED) is 0.362. The van der Waals surface area contributed by atoms with Gasteiger partial charge in [-0.15, -0.1) is 0 Å². The lowest BCUT2D eigenvalue weighted by Crippen LogP contribution is -2.35. The van der Waals surface area contributed by atoms with E-state index in [1.807, 2.05) is 6.08 Å². The molecule has 2 aliphatic rings. The zero-order valence-corrected chi connectivity index (χ0v) is 18.4. The molecule has 0 amide bonds. The molecule has 29 heavy (non-hydrogen) atoms. The van der Waals surface area contributed by atoms with E-state index in [2.05, 4.69) is 55.1 Å². The number of amidine groups is 2. The van der Waals surface area contributed by atoms with Gasteiger partial charge in [-0.1, -0.05) is 76.1 Å². The third-order valence-electron chi connectivity index (χ3n) is 5.35.